The van der Waals surface area contributed by atoms with Gasteiger partial charge < -0.3 is 25.5 Å². The minimum Gasteiger partial charge on any atom is -0.501 e. The Bertz CT molecular complexity index is 1170. The molecular weight excluding hydrogens is 417 g/mol. The highest BCUT2D eigenvalue weighted by molar-refractivity contribution is 5.94. The number of carbonyl (C=O) groups excluding carboxylic acids is 1. The molecule has 166 valence electrons. The lowest BCUT2D eigenvalue weighted by Crippen LogP contribution is -2.40. The smallest absolute Gasteiger partial charge is 0.315 e. The quantitative estimate of drug-likeness (QED) is 0.647. The standard InChI is InChI=1S/C22H22FN5O4/c23-14-6-4-13(5-7-14)12-24-21(30)18-19(29)22(31)28-20(25-18)17-15(26-28)2-1-3-16(17)27-8-10-32-11-9-27/h1-7,15,17,26,29H,8-12H2,(H,24,30). The second kappa shape index (κ2) is 8.12. The van der Waals surface area contributed by atoms with Crippen molar-refractivity contribution in [3.63, 3.8) is 0 Å². The van der Waals surface area contributed by atoms with Gasteiger partial charge >= 0.3 is 5.56 Å². The predicted molar refractivity (Wildman–Crippen MR) is 113 cm³/mol. The lowest BCUT2D eigenvalue weighted by atomic mass is 9.91. The molecule has 0 bridgehead atoms. The molecule has 0 spiro atoms. The monoisotopic (exact) mass is 439 g/mol. The van der Waals surface area contributed by atoms with Crippen molar-refractivity contribution >= 4 is 5.91 Å². The van der Waals surface area contributed by atoms with E-state index in [1.54, 1.807) is 12.1 Å². The molecule has 3 heterocycles. The molecule has 2 aliphatic heterocycles. The number of nitrogens with one attached hydrogen (secondary N) is 2. The van der Waals surface area contributed by atoms with E-state index in [0.717, 1.165) is 18.8 Å². The molecule has 3 N–H and O–H groups in total. The molecule has 0 saturated carbocycles. The fourth-order valence-electron chi connectivity index (χ4n) is 4.24. The normalized spacial score (nSPS) is 21.4. The number of hydrogen-bond donors (Lipinski definition) is 3. The van der Waals surface area contributed by atoms with Crippen molar-refractivity contribution in [1.29, 1.82) is 0 Å². The molecule has 1 aliphatic carbocycles. The molecule has 1 amide bonds. The molecule has 10 heteroatoms. The average Bonchev–Trinajstić information content (AvgIpc) is 3.20. The van der Waals surface area contributed by atoms with E-state index in [1.165, 1.54) is 16.8 Å². The first-order valence-electron chi connectivity index (χ1n) is 10.4. The lowest BCUT2D eigenvalue weighted by Gasteiger charge is -2.35. The zero-order valence-electron chi connectivity index (χ0n) is 17.1. The molecule has 1 fully saturated rings. The molecule has 32 heavy (non-hydrogen) atoms. The van der Waals surface area contributed by atoms with Crippen molar-refractivity contribution in [3.05, 3.63) is 81.4 Å². The molecule has 1 aromatic carbocycles. The van der Waals surface area contributed by atoms with Gasteiger partial charge in [-0.3, -0.25) is 9.59 Å². The summed E-state index contributed by atoms with van der Waals surface area (Å²) in [6, 6.07) is 5.45. The Labute approximate surface area is 182 Å². The van der Waals surface area contributed by atoms with Crippen LogP contribution in [0.1, 0.15) is 27.8 Å². The second-order valence-corrected chi connectivity index (χ2v) is 7.83. The zero-order chi connectivity index (χ0) is 22.2. The summed E-state index contributed by atoms with van der Waals surface area (Å²) in [5.41, 5.74) is 3.67. The minimum atomic E-state index is -0.731. The average molecular weight is 439 g/mol. The van der Waals surface area contributed by atoms with Gasteiger partial charge in [-0.05, 0) is 23.8 Å². The Morgan fingerprint density at radius 2 is 2.03 bits per heavy atom. The van der Waals surface area contributed by atoms with Crippen LogP contribution in [0.15, 0.2) is 53.0 Å². The lowest BCUT2D eigenvalue weighted by molar-refractivity contribution is 0.0505. The Morgan fingerprint density at radius 3 is 2.78 bits per heavy atom. The Balaban J connectivity index is 1.45. The summed E-state index contributed by atoms with van der Waals surface area (Å²) in [6.07, 6.45) is 5.83. The zero-order valence-corrected chi connectivity index (χ0v) is 17.1. The van der Waals surface area contributed by atoms with Gasteiger partial charge in [-0.2, -0.15) is 0 Å². The number of aromatic nitrogens is 2. The maximum Gasteiger partial charge on any atom is 0.315 e. The number of carbonyl (C=O) groups is 1. The van der Waals surface area contributed by atoms with E-state index in [2.05, 4.69) is 20.6 Å². The van der Waals surface area contributed by atoms with Gasteiger partial charge in [0.05, 0.1) is 25.2 Å². The minimum absolute atomic E-state index is 0.102. The van der Waals surface area contributed by atoms with E-state index >= 15 is 0 Å². The van der Waals surface area contributed by atoms with Crippen LogP contribution in [0.2, 0.25) is 0 Å². The first kappa shape index (κ1) is 20.3. The van der Waals surface area contributed by atoms with E-state index in [4.69, 9.17) is 4.74 Å². The first-order chi connectivity index (χ1) is 15.5. The molecule has 1 saturated heterocycles. The number of ether oxygens (including phenoxy) is 1. The summed E-state index contributed by atoms with van der Waals surface area (Å²) in [4.78, 5) is 32.2. The van der Waals surface area contributed by atoms with E-state index in [0.29, 0.717) is 24.6 Å². The van der Waals surface area contributed by atoms with Crippen LogP contribution in [0.4, 0.5) is 4.39 Å². The van der Waals surface area contributed by atoms with Gasteiger partial charge in [0.15, 0.2) is 5.69 Å². The van der Waals surface area contributed by atoms with Gasteiger partial charge in [-0.15, -0.1) is 0 Å². The number of halogens is 1. The number of aromatic hydroxyl groups is 1. The van der Waals surface area contributed by atoms with Crippen LogP contribution >= 0.6 is 0 Å². The van der Waals surface area contributed by atoms with Gasteiger partial charge in [0.1, 0.15) is 11.6 Å². The molecule has 3 aliphatic rings. The Hall–Kier alpha value is -3.66. The van der Waals surface area contributed by atoms with Crippen LogP contribution in [-0.4, -0.2) is 57.9 Å². The molecule has 9 nitrogen and oxygen atoms in total. The van der Waals surface area contributed by atoms with E-state index in [-0.39, 0.29) is 30.0 Å². The topological polar surface area (TPSA) is 109 Å². The van der Waals surface area contributed by atoms with Crippen molar-refractivity contribution < 1.29 is 19.0 Å². The van der Waals surface area contributed by atoms with Gasteiger partial charge in [0.25, 0.3) is 5.91 Å². The molecule has 1 aromatic heterocycles. The van der Waals surface area contributed by atoms with Crippen LogP contribution in [-0.2, 0) is 11.3 Å². The van der Waals surface area contributed by atoms with Crippen LogP contribution in [0, 0.1) is 5.82 Å². The Morgan fingerprint density at radius 1 is 1.28 bits per heavy atom. The number of rotatable bonds is 4. The molecule has 0 radical (unpaired) electrons. The van der Waals surface area contributed by atoms with Gasteiger partial charge in [-0.1, -0.05) is 24.3 Å². The van der Waals surface area contributed by atoms with Crippen LogP contribution in [0.25, 0.3) is 0 Å². The fourth-order valence-corrected chi connectivity index (χ4v) is 4.24. The molecule has 2 unspecified atom stereocenters. The predicted octanol–water partition coefficient (Wildman–Crippen LogP) is 0.813. The second-order valence-electron chi connectivity index (χ2n) is 7.83. The third-order valence-electron chi connectivity index (χ3n) is 5.86. The number of allylic oxidation sites excluding steroid dienone is 2. The summed E-state index contributed by atoms with van der Waals surface area (Å²) in [6.45, 7) is 2.76. The number of benzene rings is 1. The van der Waals surface area contributed by atoms with Crippen molar-refractivity contribution in [2.45, 2.75) is 18.5 Å². The summed E-state index contributed by atoms with van der Waals surface area (Å²) >= 11 is 0. The Kier molecular flexibility index (Phi) is 5.14. The number of amides is 1. The maximum atomic E-state index is 13.1. The van der Waals surface area contributed by atoms with E-state index in [1.807, 2.05) is 18.2 Å². The van der Waals surface area contributed by atoms with Crippen LogP contribution in [0.3, 0.4) is 0 Å². The van der Waals surface area contributed by atoms with Crippen molar-refractivity contribution in [2.24, 2.45) is 0 Å². The summed E-state index contributed by atoms with van der Waals surface area (Å²) in [5, 5.41) is 13.0. The molecule has 2 aromatic rings. The number of hydrogen-bond acceptors (Lipinski definition) is 7. The maximum absolute atomic E-state index is 13.1. The highest BCUT2D eigenvalue weighted by atomic mass is 19.1. The molecule has 2 atom stereocenters. The fraction of sp³-hybridized carbons (Fsp3) is 0.318. The van der Waals surface area contributed by atoms with Crippen molar-refractivity contribution in [3.8, 4) is 5.75 Å². The summed E-state index contributed by atoms with van der Waals surface area (Å²) < 4.78 is 19.7. The summed E-state index contributed by atoms with van der Waals surface area (Å²) in [7, 11) is 0. The SMILES string of the molecule is O=C(NCc1ccc(F)cc1)c1nc2n(c(=O)c1O)NC1C=CC=C(N3CCOCC3)C21. The third-order valence-corrected chi connectivity index (χ3v) is 5.86. The van der Waals surface area contributed by atoms with E-state index < -0.39 is 17.2 Å². The third kappa shape index (κ3) is 3.52. The van der Waals surface area contributed by atoms with E-state index in [9.17, 15) is 19.1 Å². The van der Waals surface area contributed by atoms with Crippen molar-refractivity contribution in [1.82, 2.24) is 19.9 Å². The first-order valence-corrected chi connectivity index (χ1v) is 10.4. The van der Waals surface area contributed by atoms with Gasteiger partial charge in [0.2, 0.25) is 5.75 Å². The molecular formula is C22H22FN5O4. The van der Waals surface area contributed by atoms with Gasteiger partial charge in [0, 0.05) is 25.3 Å². The highest BCUT2D eigenvalue weighted by Gasteiger charge is 2.41. The van der Waals surface area contributed by atoms with Crippen molar-refractivity contribution in [2.75, 3.05) is 31.7 Å². The molecule has 5 rings (SSSR count). The largest absolute Gasteiger partial charge is 0.501 e. The summed E-state index contributed by atoms with van der Waals surface area (Å²) in [5.74, 6) is -1.70. The van der Waals surface area contributed by atoms with Crippen LogP contribution < -0.4 is 16.3 Å². The number of nitrogens with zero attached hydrogens (tertiary/aromatic N) is 3. The highest BCUT2D eigenvalue weighted by Crippen LogP contribution is 2.37. The number of fused-ring (bicyclic) bond motifs is 3. The number of morpholine rings is 1. The van der Waals surface area contributed by atoms with Gasteiger partial charge in [-0.25, -0.2) is 14.1 Å². The van der Waals surface area contributed by atoms with Crippen LogP contribution in [0.5, 0.6) is 5.75 Å².